The monoisotopic (exact) mass is 793 g/mol. The molecule has 0 aromatic rings. The smallest absolute Gasteiger partial charge is 0.306 e. The molecule has 0 radical (unpaired) electrons. The zero-order valence-corrected chi connectivity index (χ0v) is 38.1. The van der Waals surface area contributed by atoms with Crippen molar-refractivity contribution in [2.75, 3.05) is 13.2 Å². The first kappa shape index (κ1) is 54.4. The molecule has 6 nitrogen and oxygen atoms in total. The van der Waals surface area contributed by atoms with E-state index in [4.69, 9.17) is 14.2 Å². The maximum absolute atomic E-state index is 12.6. The van der Waals surface area contributed by atoms with Crippen LogP contribution in [-0.2, 0) is 28.6 Å². The third-order valence-corrected chi connectivity index (χ3v) is 11.3. The second kappa shape index (κ2) is 44.5. The Morgan fingerprint density at radius 2 is 0.589 bits per heavy atom. The normalized spacial score (nSPS) is 11.9. The van der Waals surface area contributed by atoms with Crippen molar-refractivity contribution in [1.82, 2.24) is 0 Å². The molecule has 0 saturated heterocycles. The predicted molar refractivity (Wildman–Crippen MR) is 238 cm³/mol. The Labute approximate surface area is 348 Å². The Balaban J connectivity index is 4.18. The highest BCUT2D eigenvalue weighted by Gasteiger charge is 2.19. The minimum atomic E-state index is -0.759. The van der Waals surface area contributed by atoms with Crippen molar-refractivity contribution in [3.8, 4) is 0 Å². The molecule has 0 saturated carbocycles. The van der Waals surface area contributed by atoms with Gasteiger partial charge in [-0.25, -0.2) is 0 Å². The quantitative estimate of drug-likeness (QED) is 0.0347. The summed E-state index contributed by atoms with van der Waals surface area (Å²) in [4.78, 5) is 37.7. The summed E-state index contributed by atoms with van der Waals surface area (Å²) >= 11 is 0. The lowest BCUT2D eigenvalue weighted by atomic mass is 10.0. The van der Waals surface area contributed by atoms with E-state index in [2.05, 4.69) is 27.7 Å². The number of unbranched alkanes of at least 4 members (excludes halogenated alkanes) is 32. The molecule has 0 aromatic heterocycles. The molecule has 332 valence electrons. The summed E-state index contributed by atoms with van der Waals surface area (Å²) in [6.45, 7) is 8.98. The Kier molecular flexibility index (Phi) is 43.2. The lowest BCUT2D eigenvalue weighted by molar-refractivity contribution is -0.167. The molecule has 0 unspecified atom stereocenters. The SMILES string of the molecule is CCCCCCCCCCCCCCCCCCC(=O)OC[C@H](COC(=O)CCCCCCCCCCCCCCC(C)C)OC(=O)CCCCCCCCC. The summed E-state index contributed by atoms with van der Waals surface area (Å²) in [5.41, 5.74) is 0. The first-order valence-electron chi connectivity index (χ1n) is 24.9. The van der Waals surface area contributed by atoms with E-state index in [0.717, 1.165) is 63.7 Å². The van der Waals surface area contributed by atoms with Crippen molar-refractivity contribution < 1.29 is 28.6 Å². The third kappa shape index (κ3) is 43.5. The van der Waals surface area contributed by atoms with Gasteiger partial charge >= 0.3 is 17.9 Å². The fourth-order valence-electron chi connectivity index (χ4n) is 7.51. The number of hydrogen-bond acceptors (Lipinski definition) is 6. The first-order chi connectivity index (χ1) is 27.4. The molecule has 0 N–H and O–H groups in total. The molecule has 6 heteroatoms. The molecule has 0 spiro atoms. The molecule has 0 aliphatic carbocycles. The topological polar surface area (TPSA) is 78.9 Å². The van der Waals surface area contributed by atoms with E-state index in [9.17, 15) is 14.4 Å². The van der Waals surface area contributed by atoms with Gasteiger partial charge in [-0.05, 0) is 25.2 Å². The lowest BCUT2D eigenvalue weighted by Crippen LogP contribution is -2.30. The van der Waals surface area contributed by atoms with E-state index in [0.29, 0.717) is 19.3 Å². The summed E-state index contributed by atoms with van der Waals surface area (Å²) in [7, 11) is 0. The van der Waals surface area contributed by atoms with Crippen LogP contribution in [0.2, 0.25) is 0 Å². The highest BCUT2D eigenvalue weighted by molar-refractivity contribution is 5.71. The minimum Gasteiger partial charge on any atom is -0.462 e. The highest BCUT2D eigenvalue weighted by Crippen LogP contribution is 2.17. The molecule has 0 aromatic carbocycles. The van der Waals surface area contributed by atoms with Gasteiger partial charge in [0.05, 0.1) is 0 Å². The summed E-state index contributed by atoms with van der Waals surface area (Å²) in [5.74, 6) is -0.0204. The number of rotatable bonds is 45. The zero-order chi connectivity index (χ0) is 41.0. The molecule has 0 aliphatic heterocycles. The standard InChI is InChI=1S/C50H96O6/c1-5-7-9-11-13-14-15-16-17-18-19-23-26-30-33-37-41-48(51)54-44-47(56-50(53)43-39-35-28-12-10-8-6-2)45-55-49(52)42-38-34-31-27-24-21-20-22-25-29-32-36-40-46(3)4/h46-47H,5-45H2,1-4H3/t47-/m1/s1. The fourth-order valence-corrected chi connectivity index (χ4v) is 7.51. The van der Waals surface area contributed by atoms with Crippen LogP contribution in [0.4, 0.5) is 0 Å². The first-order valence-corrected chi connectivity index (χ1v) is 24.9. The van der Waals surface area contributed by atoms with E-state index in [1.54, 1.807) is 0 Å². The summed E-state index contributed by atoms with van der Waals surface area (Å²) < 4.78 is 16.7. The maximum atomic E-state index is 12.6. The molecule has 0 aliphatic rings. The largest absolute Gasteiger partial charge is 0.462 e. The van der Waals surface area contributed by atoms with Gasteiger partial charge in [0.15, 0.2) is 6.10 Å². The van der Waals surface area contributed by atoms with Crippen molar-refractivity contribution in [2.24, 2.45) is 5.92 Å². The van der Waals surface area contributed by atoms with Crippen LogP contribution in [0, 0.1) is 5.92 Å². The van der Waals surface area contributed by atoms with E-state index >= 15 is 0 Å². The van der Waals surface area contributed by atoms with Crippen molar-refractivity contribution in [1.29, 1.82) is 0 Å². The maximum Gasteiger partial charge on any atom is 0.306 e. The van der Waals surface area contributed by atoms with Crippen LogP contribution in [0.15, 0.2) is 0 Å². The molecule has 56 heavy (non-hydrogen) atoms. The summed E-state index contributed by atoms with van der Waals surface area (Å²) in [5, 5.41) is 0. The molecule has 0 bridgehead atoms. The number of esters is 3. The van der Waals surface area contributed by atoms with Gasteiger partial charge in [-0.1, -0.05) is 240 Å². The average Bonchev–Trinajstić information content (AvgIpc) is 3.18. The molecule has 0 fully saturated rings. The van der Waals surface area contributed by atoms with Gasteiger partial charge in [0, 0.05) is 19.3 Å². The van der Waals surface area contributed by atoms with Gasteiger partial charge in [-0.15, -0.1) is 0 Å². The van der Waals surface area contributed by atoms with Gasteiger partial charge < -0.3 is 14.2 Å². The lowest BCUT2D eigenvalue weighted by Gasteiger charge is -2.18. The van der Waals surface area contributed by atoms with Crippen LogP contribution in [-0.4, -0.2) is 37.2 Å². The van der Waals surface area contributed by atoms with Gasteiger partial charge in [0.25, 0.3) is 0 Å². The van der Waals surface area contributed by atoms with Crippen molar-refractivity contribution >= 4 is 17.9 Å². The Morgan fingerprint density at radius 3 is 0.875 bits per heavy atom. The van der Waals surface area contributed by atoms with E-state index in [1.807, 2.05) is 0 Å². The van der Waals surface area contributed by atoms with Crippen LogP contribution in [0.3, 0.4) is 0 Å². The Morgan fingerprint density at radius 1 is 0.339 bits per heavy atom. The van der Waals surface area contributed by atoms with Crippen LogP contribution in [0.5, 0.6) is 0 Å². The molecular weight excluding hydrogens is 697 g/mol. The second-order valence-corrected chi connectivity index (χ2v) is 17.6. The number of carbonyl (C=O) groups is 3. The Bertz CT molecular complexity index is 841. The zero-order valence-electron chi connectivity index (χ0n) is 38.1. The van der Waals surface area contributed by atoms with Crippen molar-refractivity contribution in [3.05, 3.63) is 0 Å². The minimum absolute atomic E-state index is 0.0636. The van der Waals surface area contributed by atoms with Gasteiger partial charge in [0.1, 0.15) is 13.2 Å². The summed E-state index contributed by atoms with van der Waals surface area (Å²) in [6, 6.07) is 0. The van der Waals surface area contributed by atoms with Gasteiger partial charge in [0.2, 0.25) is 0 Å². The molecule has 1 atom stereocenters. The number of ether oxygens (including phenoxy) is 3. The van der Waals surface area contributed by atoms with Crippen LogP contribution >= 0.6 is 0 Å². The van der Waals surface area contributed by atoms with Crippen LogP contribution < -0.4 is 0 Å². The van der Waals surface area contributed by atoms with Crippen LogP contribution in [0.1, 0.15) is 278 Å². The second-order valence-electron chi connectivity index (χ2n) is 17.6. The molecule has 0 amide bonds. The molecule has 0 rings (SSSR count). The molecule has 0 heterocycles. The van der Waals surface area contributed by atoms with Crippen molar-refractivity contribution in [3.63, 3.8) is 0 Å². The van der Waals surface area contributed by atoms with E-state index in [-0.39, 0.29) is 31.1 Å². The fraction of sp³-hybridized carbons (Fsp3) is 0.940. The highest BCUT2D eigenvalue weighted by atomic mass is 16.6. The van der Waals surface area contributed by atoms with E-state index < -0.39 is 6.10 Å². The predicted octanol–water partition coefficient (Wildman–Crippen LogP) is 15.9. The third-order valence-electron chi connectivity index (χ3n) is 11.3. The van der Waals surface area contributed by atoms with Crippen molar-refractivity contribution in [2.45, 2.75) is 284 Å². The summed E-state index contributed by atoms with van der Waals surface area (Å²) in [6.07, 6.45) is 45.3. The Hall–Kier alpha value is -1.59. The number of hydrogen-bond donors (Lipinski definition) is 0. The van der Waals surface area contributed by atoms with Gasteiger partial charge in [-0.3, -0.25) is 14.4 Å². The van der Waals surface area contributed by atoms with Crippen LogP contribution in [0.25, 0.3) is 0 Å². The number of carbonyl (C=O) groups excluding carboxylic acids is 3. The van der Waals surface area contributed by atoms with Gasteiger partial charge in [-0.2, -0.15) is 0 Å². The molecular formula is C50H96O6. The van der Waals surface area contributed by atoms with E-state index in [1.165, 1.54) is 173 Å². The average molecular weight is 793 g/mol.